The number of hydrogen-bond donors (Lipinski definition) is 0. The molecule has 4 heterocycles. The van der Waals surface area contributed by atoms with Crippen molar-refractivity contribution in [2.75, 3.05) is 7.11 Å². The minimum Gasteiger partial charge on any atom is -0.479 e. The Bertz CT molecular complexity index is 2400. The molecular formula is C37H23N3O3. The number of para-hydroxylation sites is 2. The summed E-state index contributed by atoms with van der Waals surface area (Å²) in [6.07, 6.45) is 1.75. The first-order valence-corrected chi connectivity index (χ1v) is 14.1. The maximum absolute atomic E-state index is 6.51. The molecule has 0 saturated heterocycles. The van der Waals surface area contributed by atoms with Crippen LogP contribution in [0.1, 0.15) is 0 Å². The Morgan fingerprint density at radius 3 is 1.91 bits per heavy atom. The average Bonchev–Trinajstić information content (AvgIpc) is 3.75. The van der Waals surface area contributed by atoms with E-state index in [2.05, 4.69) is 64.1 Å². The van der Waals surface area contributed by atoms with Crippen molar-refractivity contribution in [1.82, 2.24) is 14.5 Å². The van der Waals surface area contributed by atoms with Crippen LogP contribution in [-0.4, -0.2) is 21.6 Å². The van der Waals surface area contributed by atoms with Gasteiger partial charge in [-0.2, -0.15) is 0 Å². The molecule has 0 radical (unpaired) electrons. The lowest BCUT2D eigenvalue weighted by molar-refractivity contribution is 0.402. The predicted octanol–water partition coefficient (Wildman–Crippen LogP) is 9.56. The molecule has 0 unspecified atom stereocenters. The number of hydrogen-bond acceptors (Lipinski definition) is 5. The molecule has 43 heavy (non-hydrogen) atoms. The topological polar surface area (TPSA) is 66.2 Å². The highest BCUT2D eigenvalue weighted by atomic mass is 16.5. The van der Waals surface area contributed by atoms with Crippen LogP contribution in [0.2, 0.25) is 0 Å². The molecular weight excluding hydrogens is 534 g/mol. The van der Waals surface area contributed by atoms with Gasteiger partial charge in [-0.25, -0.2) is 9.97 Å². The molecule has 0 saturated carbocycles. The van der Waals surface area contributed by atoms with Gasteiger partial charge in [-0.3, -0.25) is 4.57 Å². The molecule has 0 aliphatic rings. The average molecular weight is 558 g/mol. The summed E-state index contributed by atoms with van der Waals surface area (Å²) in [5.41, 5.74) is 8.88. The third-order valence-corrected chi connectivity index (χ3v) is 8.19. The Morgan fingerprint density at radius 2 is 1.26 bits per heavy atom. The summed E-state index contributed by atoms with van der Waals surface area (Å²) in [6.45, 7) is 0. The van der Waals surface area contributed by atoms with E-state index in [1.807, 2.05) is 60.7 Å². The summed E-state index contributed by atoms with van der Waals surface area (Å²) in [4.78, 5) is 9.38. The summed E-state index contributed by atoms with van der Waals surface area (Å²) in [7, 11) is 1.62. The van der Waals surface area contributed by atoms with Gasteiger partial charge in [0.05, 0.1) is 18.2 Å². The molecule has 6 heteroatoms. The molecule has 6 nitrogen and oxygen atoms in total. The van der Waals surface area contributed by atoms with E-state index in [0.29, 0.717) is 11.4 Å². The highest BCUT2D eigenvalue weighted by Gasteiger charge is 2.22. The van der Waals surface area contributed by atoms with Gasteiger partial charge in [0.1, 0.15) is 28.2 Å². The van der Waals surface area contributed by atoms with Crippen molar-refractivity contribution in [1.29, 1.82) is 0 Å². The smallest absolute Gasteiger partial charge is 0.241 e. The van der Waals surface area contributed by atoms with Gasteiger partial charge in [0.15, 0.2) is 5.52 Å². The van der Waals surface area contributed by atoms with Crippen LogP contribution in [0.15, 0.2) is 130 Å². The van der Waals surface area contributed by atoms with E-state index >= 15 is 0 Å². The van der Waals surface area contributed by atoms with Crippen molar-refractivity contribution in [3.05, 3.63) is 121 Å². The molecule has 0 aliphatic heterocycles. The van der Waals surface area contributed by atoms with Crippen LogP contribution in [0.3, 0.4) is 0 Å². The van der Waals surface area contributed by atoms with Gasteiger partial charge in [0, 0.05) is 39.0 Å². The zero-order valence-electron chi connectivity index (χ0n) is 23.1. The first-order chi connectivity index (χ1) is 21.3. The molecule has 0 aliphatic carbocycles. The minimum atomic E-state index is 0.494. The van der Waals surface area contributed by atoms with Crippen LogP contribution in [0.25, 0.3) is 83.1 Å². The first kappa shape index (κ1) is 23.8. The second-order valence-corrected chi connectivity index (χ2v) is 10.6. The first-order valence-electron chi connectivity index (χ1n) is 14.1. The van der Waals surface area contributed by atoms with Crippen molar-refractivity contribution in [3.63, 3.8) is 0 Å². The number of pyridine rings is 1. The molecule has 0 bridgehead atoms. The standard InChI is InChI=1S/C37H23N3O3/c1-41-37-33-29(19-20-38-37)40(36(39-33)23-9-3-2-4-10-23)24-17-15-22(16-18-24)32-34-27(25-11-5-7-13-30(25)42-34)21-28-26-12-6-8-14-31(26)43-35(28)32/h2-21H,1H3. The fourth-order valence-electron chi connectivity index (χ4n) is 6.25. The van der Waals surface area contributed by atoms with Crippen molar-refractivity contribution >= 4 is 54.9 Å². The van der Waals surface area contributed by atoms with Crippen LogP contribution in [0, 0.1) is 0 Å². The van der Waals surface area contributed by atoms with Crippen molar-refractivity contribution in [2.24, 2.45) is 0 Å². The number of fused-ring (bicyclic) bond motifs is 7. The SMILES string of the molecule is COc1nccc2c1nc(-c1ccccc1)n2-c1ccc(-c2c3oc4ccccc4c3cc3c2oc2ccccc23)cc1. The fourth-order valence-corrected chi connectivity index (χ4v) is 6.25. The monoisotopic (exact) mass is 557 g/mol. The van der Waals surface area contributed by atoms with Gasteiger partial charge in [0.25, 0.3) is 0 Å². The molecule has 0 amide bonds. The van der Waals surface area contributed by atoms with E-state index < -0.39 is 0 Å². The lowest BCUT2D eigenvalue weighted by Gasteiger charge is -2.11. The zero-order chi connectivity index (χ0) is 28.5. The Hall–Kier alpha value is -5.88. The highest BCUT2D eigenvalue weighted by molar-refractivity contribution is 6.21. The quantitative estimate of drug-likeness (QED) is 0.216. The van der Waals surface area contributed by atoms with E-state index in [9.17, 15) is 0 Å². The van der Waals surface area contributed by atoms with Crippen LogP contribution in [0.5, 0.6) is 5.88 Å². The summed E-state index contributed by atoms with van der Waals surface area (Å²) in [5.74, 6) is 1.31. The zero-order valence-corrected chi connectivity index (χ0v) is 23.1. The second-order valence-electron chi connectivity index (χ2n) is 10.6. The molecule has 9 rings (SSSR count). The van der Waals surface area contributed by atoms with Crippen LogP contribution in [-0.2, 0) is 0 Å². The number of nitrogens with zero attached hydrogens (tertiary/aromatic N) is 3. The number of furan rings is 2. The molecule has 0 fully saturated rings. The Kier molecular flexibility index (Phi) is 5.01. The van der Waals surface area contributed by atoms with Crippen molar-refractivity contribution in [2.45, 2.75) is 0 Å². The van der Waals surface area contributed by atoms with Crippen LogP contribution >= 0.6 is 0 Å². The number of imidazole rings is 1. The number of methoxy groups -OCH3 is 1. The van der Waals surface area contributed by atoms with Crippen molar-refractivity contribution in [3.8, 4) is 34.1 Å². The Balaban J connectivity index is 1.30. The highest BCUT2D eigenvalue weighted by Crippen LogP contribution is 2.44. The third-order valence-electron chi connectivity index (χ3n) is 8.19. The lowest BCUT2D eigenvalue weighted by atomic mass is 9.98. The Morgan fingerprint density at radius 1 is 0.628 bits per heavy atom. The van der Waals surface area contributed by atoms with E-state index in [1.54, 1.807) is 13.3 Å². The summed E-state index contributed by atoms with van der Waals surface area (Å²) in [5, 5.41) is 4.31. The number of aromatic nitrogens is 3. The van der Waals surface area contributed by atoms with Crippen molar-refractivity contribution < 1.29 is 13.6 Å². The normalized spacial score (nSPS) is 11.8. The van der Waals surface area contributed by atoms with Gasteiger partial charge in [0.2, 0.25) is 5.88 Å². The third kappa shape index (κ3) is 3.47. The maximum atomic E-state index is 6.51. The summed E-state index contributed by atoms with van der Waals surface area (Å²) >= 11 is 0. The van der Waals surface area contributed by atoms with Gasteiger partial charge in [-0.05, 0) is 42.0 Å². The number of ether oxygens (including phenoxy) is 1. The van der Waals surface area contributed by atoms with Crippen LogP contribution in [0.4, 0.5) is 0 Å². The van der Waals surface area contributed by atoms with E-state index in [0.717, 1.165) is 77.6 Å². The number of rotatable bonds is 4. The molecule has 4 aromatic heterocycles. The molecule has 9 aromatic rings. The summed E-state index contributed by atoms with van der Waals surface area (Å²) < 4.78 is 20.7. The van der Waals surface area contributed by atoms with Gasteiger partial charge < -0.3 is 13.6 Å². The molecule has 0 N–H and O–H groups in total. The second kappa shape index (κ2) is 9.06. The molecule has 0 spiro atoms. The van der Waals surface area contributed by atoms with Crippen LogP contribution < -0.4 is 4.74 Å². The van der Waals surface area contributed by atoms with E-state index in [4.69, 9.17) is 18.6 Å². The fraction of sp³-hybridized carbons (Fsp3) is 0.0270. The largest absolute Gasteiger partial charge is 0.479 e. The number of benzene rings is 5. The summed E-state index contributed by atoms with van der Waals surface area (Å²) in [6, 6.07) is 39.2. The molecule has 0 atom stereocenters. The minimum absolute atomic E-state index is 0.494. The Labute approximate surface area is 245 Å². The van der Waals surface area contributed by atoms with E-state index in [-0.39, 0.29) is 0 Å². The van der Waals surface area contributed by atoms with Gasteiger partial charge >= 0.3 is 0 Å². The molecule has 204 valence electrons. The maximum Gasteiger partial charge on any atom is 0.241 e. The van der Waals surface area contributed by atoms with E-state index in [1.165, 1.54) is 0 Å². The van der Waals surface area contributed by atoms with Gasteiger partial charge in [-0.15, -0.1) is 0 Å². The lowest BCUT2D eigenvalue weighted by Crippen LogP contribution is -1.98. The molecule has 5 aromatic carbocycles. The predicted molar refractivity (Wildman–Crippen MR) is 171 cm³/mol. The van der Waals surface area contributed by atoms with Gasteiger partial charge in [-0.1, -0.05) is 78.9 Å².